The fraction of sp³-hybridized carbons (Fsp3) is 0.483. The van der Waals surface area contributed by atoms with Gasteiger partial charge in [0.25, 0.3) is 6.34 Å². The van der Waals surface area contributed by atoms with Crippen molar-refractivity contribution in [3.05, 3.63) is 48.2 Å². The van der Waals surface area contributed by atoms with Gasteiger partial charge in [0, 0.05) is 24.7 Å². The molecule has 210 valence electrons. The van der Waals surface area contributed by atoms with Crippen molar-refractivity contribution < 1.29 is 18.4 Å². The lowest BCUT2D eigenvalue weighted by molar-refractivity contribution is -0.504. The van der Waals surface area contributed by atoms with Gasteiger partial charge in [-0.15, -0.1) is 0 Å². The number of aliphatic imine (C=N–C) groups is 1. The third-order valence-electron chi connectivity index (χ3n) is 7.74. The summed E-state index contributed by atoms with van der Waals surface area (Å²) in [6.45, 7) is 7.96. The van der Waals surface area contributed by atoms with Crippen LogP contribution in [0.4, 0.5) is 10.3 Å². The summed E-state index contributed by atoms with van der Waals surface area (Å²) in [7, 11) is 0. The van der Waals surface area contributed by atoms with Crippen LogP contribution in [-0.2, 0) is 9.47 Å². The van der Waals surface area contributed by atoms with E-state index in [0.717, 1.165) is 44.7 Å². The maximum absolute atomic E-state index is 13.7. The van der Waals surface area contributed by atoms with E-state index < -0.39 is 6.29 Å². The van der Waals surface area contributed by atoms with Gasteiger partial charge in [-0.3, -0.25) is 9.48 Å². The molecule has 40 heavy (non-hydrogen) atoms. The number of nitrogens with one attached hydrogen (secondary N) is 2. The predicted molar refractivity (Wildman–Crippen MR) is 151 cm³/mol. The van der Waals surface area contributed by atoms with Crippen molar-refractivity contribution in [3.63, 3.8) is 0 Å². The maximum Gasteiger partial charge on any atom is 0.281 e. The highest BCUT2D eigenvalue weighted by atomic mass is 19.1. The number of H-pyrrole nitrogens is 1. The van der Waals surface area contributed by atoms with Crippen molar-refractivity contribution in [3.8, 4) is 22.6 Å². The third-order valence-corrected chi connectivity index (χ3v) is 7.74. The first-order valence-electron chi connectivity index (χ1n) is 14.1. The smallest absolute Gasteiger partial charge is 0.281 e. The number of aromatic nitrogens is 4. The molecule has 3 aliphatic rings. The molecule has 2 fully saturated rings. The van der Waals surface area contributed by atoms with E-state index in [1.807, 2.05) is 18.6 Å². The second-order valence-electron chi connectivity index (χ2n) is 10.8. The summed E-state index contributed by atoms with van der Waals surface area (Å²) < 4.78 is 28.4. The number of piperidine rings is 1. The van der Waals surface area contributed by atoms with E-state index in [-0.39, 0.29) is 11.4 Å². The van der Waals surface area contributed by atoms with Crippen LogP contribution < -0.4 is 5.32 Å². The van der Waals surface area contributed by atoms with Crippen LogP contribution in [0.1, 0.15) is 44.7 Å². The molecule has 0 unspecified atom stereocenters. The van der Waals surface area contributed by atoms with Crippen molar-refractivity contribution >= 4 is 18.5 Å². The summed E-state index contributed by atoms with van der Waals surface area (Å²) in [5, 5.41) is 3.31. The van der Waals surface area contributed by atoms with E-state index in [2.05, 4.69) is 36.7 Å². The van der Waals surface area contributed by atoms with E-state index in [1.165, 1.54) is 31.4 Å². The number of rotatable bonds is 9. The minimum Gasteiger partial charge on any atom is -0.354 e. The fourth-order valence-corrected chi connectivity index (χ4v) is 5.43. The molecular formula is C29H36FN8O2+. The number of likely N-dealkylation sites (tertiary alicyclic amines) is 1. The van der Waals surface area contributed by atoms with Crippen molar-refractivity contribution in [2.45, 2.75) is 44.4 Å². The lowest BCUT2D eigenvalue weighted by Crippen LogP contribution is -2.57. The molecule has 2 aromatic heterocycles. The Bertz CT molecular complexity index is 1360. The van der Waals surface area contributed by atoms with Crippen LogP contribution >= 0.6 is 0 Å². The molecule has 1 aromatic carbocycles. The first-order chi connectivity index (χ1) is 19.6. The van der Waals surface area contributed by atoms with Gasteiger partial charge in [-0.2, -0.15) is 0 Å². The molecule has 0 aliphatic carbocycles. The monoisotopic (exact) mass is 547 g/mol. The van der Waals surface area contributed by atoms with Gasteiger partial charge in [0.05, 0.1) is 42.4 Å². The van der Waals surface area contributed by atoms with Gasteiger partial charge in [0.15, 0.2) is 12.0 Å². The zero-order valence-electron chi connectivity index (χ0n) is 22.9. The molecule has 0 radical (unpaired) electrons. The van der Waals surface area contributed by atoms with Gasteiger partial charge < -0.3 is 19.8 Å². The number of aromatic amines is 1. The van der Waals surface area contributed by atoms with Crippen molar-refractivity contribution in [1.82, 2.24) is 24.8 Å². The third kappa shape index (κ3) is 5.96. The highest BCUT2D eigenvalue weighted by Crippen LogP contribution is 2.35. The summed E-state index contributed by atoms with van der Waals surface area (Å²) in [5.41, 5.74) is 2.64. The minimum atomic E-state index is -0.628. The molecule has 2 N–H and O–H groups in total. The molecule has 3 aromatic rings. The Labute approximate surface area is 233 Å². The van der Waals surface area contributed by atoms with Gasteiger partial charge in [-0.05, 0) is 63.2 Å². The first-order valence-corrected chi connectivity index (χ1v) is 14.1. The van der Waals surface area contributed by atoms with Crippen LogP contribution in [0, 0.1) is 5.82 Å². The maximum atomic E-state index is 13.7. The van der Waals surface area contributed by atoms with Crippen LogP contribution in [0.25, 0.3) is 22.6 Å². The van der Waals surface area contributed by atoms with E-state index in [0.29, 0.717) is 42.1 Å². The molecule has 0 amide bonds. The molecule has 11 heteroatoms. The summed E-state index contributed by atoms with van der Waals surface area (Å²) in [6.07, 6.45) is 9.48. The van der Waals surface area contributed by atoms with Crippen molar-refractivity contribution in [2.24, 2.45) is 4.99 Å². The molecular weight excluding hydrogens is 511 g/mol. The first kappa shape index (κ1) is 26.7. The van der Waals surface area contributed by atoms with E-state index >= 15 is 0 Å². The molecule has 0 bridgehead atoms. The van der Waals surface area contributed by atoms with E-state index in [4.69, 9.17) is 19.4 Å². The van der Waals surface area contributed by atoms with Gasteiger partial charge in [-0.25, -0.2) is 19.3 Å². The van der Waals surface area contributed by atoms with Gasteiger partial charge in [0.1, 0.15) is 12.4 Å². The highest BCUT2D eigenvalue weighted by Gasteiger charge is 2.40. The number of hydrogen-bond donors (Lipinski definition) is 2. The van der Waals surface area contributed by atoms with Crippen molar-refractivity contribution in [2.75, 3.05) is 51.3 Å². The topological polar surface area (TPSA) is 104 Å². The molecule has 0 saturated carbocycles. The van der Waals surface area contributed by atoms with Crippen LogP contribution in [0.2, 0.25) is 0 Å². The summed E-state index contributed by atoms with van der Waals surface area (Å²) in [5.74, 6) is 0.790. The van der Waals surface area contributed by atoms with Crippen molar-refractivity contribution in [1.29, 1.82) is 0 Å². The average Bonchev–Trinajstić information content (AvgIpc) is 3.68. The second-order valence-corrected chi connectivity index (χ2v) is 10.8. The number of anilines is 1. The second kappa shape index (κ2) is 11.9. The largest absolute Gasteiger partial charge is 0.354 e. The Morgan fingerprint density at radius 1 is 1.10 bits per heavy atom. The Balaban J connectivity index is 1.20. The van der Waals surface area contributed by atoms with Crippen LogP contribution in [0.15, 0.2) is 41.5 Å². The zero-order valence-corrected chi connectivity index (χ0v) is 22.9. The lowest BCUT2D eigenvalue weighted by atomic mass is 9.97. The number of imidazole rings is 1. The molecule has 0 spiro atoms. The predicted octanol–water partition coefficient (Wildman–Crippen LogP) is 3.89. The molecule has 5 heterocycles. The Kier molecular flexibility index (Phi) is 7.94. The van der Waals surface area contributed by atoms with E-state index in [9.17, 15) is 4.39 Å². The SMILES string of the molecule is CC1(N2CCCCC2)COC(c2nc(-c3ccc(F)cc3)c(-c3ccnc(NCCC[N+]4=CN=CC4)n3)[nH]2)OC1. The quantitative estimate of drug-likeness (QED) is 0.309. The van der Waals surface area contributed by atoms with Gasteiger partial charge in [0.2, 0.25) is 12.2 Å². The Morgan fingerprint density at radius 2 is 1.90 bits per heavy atom. The standard InChI is InChI=1S/C29H36FN8O2/c1-29(38-15-3-2-4-16-38)18-39-27(40-19-29)26-35-24(21-6-8-22(30)9-7-21)25(36-26)23-10-12-33-28(34-23)32-11-5-14-37-17-13-31-20-37/h6-10,12-13,20,27H,2-5,11,14-19H2,1H3,(H,35,36)(H,32,33,34)/q+1. The zero-order chi connectivity index (χ0) is 27.4. The number of halogens is 1. The summed E-state index contributed by atoms with van der Waals surface area (Å²) in [4.78, 5) is 24.1. The number of nitrogens with zero attached hydrogens (tertiary/aromatic N) is 6. The molecule has 10 nitrogen and oxygen atoms in total. The lowest BCUT2D eigenvalue weighted by Gasteiger charge is -2.46. The van der Waals surface area contributed by atoms with Crippen LogP contribution in [0.3, 0.4) is 0 Å². The number of benzene rings is 1. The number of hydrogen-bond acceptors (Lipinski definition) is 8. The highest BCUT2D eigenvalue weighted by molar-refractivity contribution is 5.77. The average molecular weight is 548 g/mol. The molecule has 3 aliphatic heterocycles. The Morgan fingerprint density at radius 3 is 2.65 bits per heavy atom. The summed E-state index contributed by atoms with van der Waals surface area (Å²) >= 11 is 0. The molecule has 6 rings (SSSR count). The summed E-state index contributed by atoms with van der Waals surface area (Å²) in [6, 6.07) is 8.13. The number of ether oxygens (including phenoxy) is 2. The Hall–Kier alpha value is -3.54. The minimum absolute atomic E-state index is 0.154. The van der Waals surface area contributed by atoms with E-state index in [1.54, 1.807) is 18.3 Å². The fourth-order valence-electron chi connectivity index (χ4n) is 5.43. The van der Waals surface area contributed by atoms with Gasteiger partial charge in [-0.1, -0.05) is 11.4 Å². The normalized spacial score (nSPS) is 23.4. The van der Waals surface area contributed by atoms with Crippen LogP contribution in [-0.4, -0.2) is 93.4 Å². The van der Waals surface area contributed by atoms with Crippen LogP contribution in [0.5, 0.6) is 0 Å². The van der Waals surface area contributed by atoms with Gasteiger partial charge >= 0.3 is 0 Å². The molecule has 0 atom stereocenters. The molecule has 2 saturated heterocycles.